The van der Waals surface area contributed by atoms with Crippen LogP contribution in [0.3, 0.4) is 0 Å². The van der Waals surface area contributed by atoms with Crippen molar-refractivity contribution in [2.75, 3.05) is 6.54 Å². The first-order valence-corrected chi connectivity index (χ1v) is 18.2. The minimum absolute atomic E-state index is 0.00606. The SMILES string of the molecule is C=CCCC(=O)C(=O)C(CCC)CC(=O)[C@@H]1[C@@H]2[C@H](CN1C(=O)[C@@H](NC(=O)OC1C3(C)CCC(C3)C1(C)C)C1CCCCC1)C2(C)C. The number of Topliss-reactive ketones (excluding diaryl/α,β-unsaturated/α-hetero) is 3. The Balaban J connectivity index is 1.35. The van der Waals surface area contributed by atoms with E-state index in [1.165, 1.54) is 0 Å². The lowest BCUT2D eigenvalue weighted by Gasteiger charge is -2.42. The molecule has 1 aliphatic heterocycles. The molecule has 256 valence electrons. The predicted molar refractivity (Wildman–Crippen MR) is 177 cm³/mol. The Bertz CT molecular complexity index is 1230. The Labute approximate surface area is 276 Å². The highest BCUT2D eigenvalue weighted by Crippen LogP contribution is 2.65. The topological polar surface area (TPSA) is 110 Å². The molecule has 0 aromatic carbocycles. The zero-order valence-electron chi connectivity index (χ0n) is 29.2. The fraction of sp³-hybridized carbons (Fsp3) is 0.816. The second-order valence-corrected chi connectivity index (χ2v) is 16.9. The van der Waals surface area contributed by atoms with Crippen molar-refractivity contribution < 1.29 is 28.7 Å². The van der Waals surface area contributed by atoms with Crippen LogP contribution in [0.4, 0.5) is 4.79 Å². The molecule has 2 amide bonds. The number of nitrogens with one attached hydrogen (secondary N) is 1. The monoisotopic (exact) mass is 638 g/mol. The molecule has 1 N–H and O–H groups in total. The molecule has 1 heterocycles. The first-order valence-electron chi connectivity index (χ1n) is 18.2. The van der Waals surface area contributed by atoms with Gasteiger partial charge in [-0.05, 0) is 74.0 Å². The molecule has 0 spiro atoms. The molecule has 8 heteroatoms. The number of piperidine rings is 1. The van der Waals surface area contributed by atoms with E-state index in [0.29, 0.717) is 31.7 Å². The Morgan fingerprint density at radius 1 is 1.00 bits per heavy atom. The van der Waals surface area contributed by atoms with Gasteiger partial charge in [-0.1, -0.05) is 73.3 Å². The van der Waals surface area contributed by atoms with Gasteiger partial charge in [0.1, 0.15) is 12.1 Å². The van der Waals surface area contributed by atoms with Crippen molar-refractivity contribution in [3.8, 4) is 0 Å². The molecule has 1 saturated heterocycles. The summed E-state index contributed by atoms with van der Waals surface area (Å²) in [7, 11) is 0. The zero-order chi connectivity index (χ0) is 33.6. The maximum Gasteiger partial charge on any atom is 0.408 e. The van der Waals surface area contributed by atoms with Crippen LogP contribution in [0, 0.1) is 45.8 Å². The van der Waals surface area contributed by atoms with Gasteiger partial charge < -0.3 is 15.0 Å². The molecule has 5 rings (SSSR count). The Kier molecular flexibility index (Phi) is 9.98. The Morgan fingerprint density at radius 2 is 1.70 bits per heavy atom. The minimum atomic E-state index is -0.758. The van der Waals surface area contributed by atoms with Crippen molar-refractivity contribution in [2.45, 2.75) is 143 Å². The van der Waals surface area contributed by atoms with Crippen LogP contribution in [0.25, 0.3) is 0 Å². The molecule has 0 aromatic rings. The summed E-state index contributed by atoms with van der Waals surface area (Å²) in [6, 6.07) is -1.41. The number of nitrogens with zero attached hydrogens (tertiary/aromatic N) is 1. The lowest BCUT2D eigenvalue weighted by atomic mass is 9.70. The quantitative estimate of drug-likeness (QED) is 0.165. The molecular formula is C38H58N2O6. The van der Waals surface area contributed by atoms with E-state index in [4.69, 9.17) is 4.74 Å². The molecular weight excluding hydrogens is 580 g/mol. The zero-order valence-corrected chi connectivity index (χ0v) is 29.2. The van der Waals surface area contributed by atoms with Crippen molar-refractivity contribution in [1.29, 1.82) is 0 Å². The third-order valence-electron chi connectivity index (χ3n) is 13.2. The van der Waals surface area contributed by atoms with Crippen LogP contribution in [-0.2, 0) is 23.9 Å². The van der Waals surface area contributed by atoms with Crippen molar-refractivity contribution in [3.05, 3.63) is 12.7 Å². The van der Waals surface area contributed by atoms with Gasteiger partial charge in [0.15, 0.2) is 11.6 Å². The summed E-state index contributed by atoms with van der Waals surface area (Å²) in [6.45, 7) is 17.0. The van der Waals surface area contributed by atoms with Crippen LogP contribution in [0.1, 0.15) is 125 Å². The van der Waals surface area contributed by atoms with Crippen molar-refractivity contribution in [1.82, 2.24) is 10.2 Å². The number of rotatable bonds is 14. The fourth-order valence-electron chi connectivity index (χ4n) is 10.4. The van der Waals surface area contributed by atoms with Gasteiger partial charge in [0.25, 0.3) is 0 Å². The summed E-state index contributed by atoms with van der Waals surface area (Å²) >= 11 is 0. The van der Waals surface area contributed by atoms with Crippen LogP contribution < -0.4 is 5.32 Å². The van der Waals surface area contributed by atoms with Gasteiger partial charge in [0.05, 0.1) is 6.04 Å². The maximum absolute atomic E-state index is 14.6. The highest BCUT2D eigenvalue weighted by atomic mass is 16.6. The standard InChI is InChI=1S/C38H58N2O6/c1-8-10-17-27(41)32(43)24(14-9-2)20-28(42)31-29-26(37(29,5)6)22-40(31)33(44)30(23-15-12-11-13-16-23)39-35(45)46-34-36(3,4)25-18-19-38(34,7)21-25/h8,23-26,29-31,34H,1,9-22H2,2-7H3,(H,39,45)/t24?,25?,26-,29-,30-,31+,34?,38?/m0/s1. The van der Waals surface area contributed by atoms with E-state index in [9.17, 15) is 24.0 Å². The summed E-state index contributed by atoms with van der Waals surface area (Å²) in [5, 5.41) is 3.06. The summed E-state index contributed by atoms with van der Waals surface area (Å²) in [4.78, 5) is 69.9. The van der Waals surface area contributed by atoms with E-state index in [1.807, 2.05) is 6.92 Å². The van der Waals surface area contributed by atoms with Crippen molar-refractivity contribution in [3.63, 3.8) is 0 Å². The number of likely N-dealkylation sites (tertiary alicyclic amines) is 1. The molecule has 46 heavy (non-hydrogen) atoms. The molecule has 4 aliphatic carbocycles. The number of hydrogen-bond donors (Lipinski definition) is 1. The van der Waals surface area contributed by atoms with Crippen LogP contribution in [0.15, 0.2) is 12.7 Å². The van der Waals surface area contributed by atoms with Gasteiger partial charge in [-0.15, -0.1) is 6.58 Å². The number of carbonyl (C=O) groups excluding carboxylic acids is 5. The van der Waals surface area contributed by atoms with Crippen LogP contribution in [-0.4, -0.2) is 59.0 Å². The number of hydrogen-bond acceptors (Lipinski definition) is 6. The van der Waals surface area contributed by atoms with Gasteiger partial charge in [-0.3, -0.25) is 19.2 Å². The van der Waals surface area contributed by atoms with E-state index >= 15 is 0 Å². The van der Waals surface area contributed by atoms with Crippen molar-refractivity contribution in [2.24, 2.45) is 45.8 Å². The molecule has 4 saturated carbocycles. The third-order valence-corrected chi connectivity index (χ3v) is 13.2. The number of ketones is 3. The molecule has 8 atom stereocenters. The second kappa shape index (κ2) is 13.2. The maximum atomic E-state index is 14.6. The predicted octanol–water partition coefficient (Wildman–Crippen LogP) is 6.84. The lowest BCUT2D eigenvalue weighted by molar-refractivity contribution is -0.144. The van der Waals surface area contributed by atoms with Crippen molar-refractivity contribution >= 4 is 29.4 Å². The summed E-state index contributed by atoms with van der Waals surface area (Å²) in [5.41, 5.74) is -0.251. The average Bonchev–Trinajstić information content (AvgIpc) is 3.40. The third kappa shape index (κ3) is 6.35. The minimum Gasteiger partial charge on any atom is -0.445 e. The van der Waals surface area contributed by atoms with E-state index < -0.39 is 35.7 Å². The molecule has 4 unspecified atom stereocenters. The van der Waals surface area contributed by atoms with E-state index in [2.05, 4.69) is 46.5 Å². The fourth-order valence-corrected chi connectivity index (χ4v) is 10.4. The number of fused-ring (bicyclic) bond motifs is 3. The van der Waals surface area contributed by atoms with Gasteiger partial charge in [0, 0.05) is 36.1 Å². The van der Waals surface area contributed by atoms with Crippen LogP contribution >= 0.6 is 0 Å². The molecule has 0 aromatic heterocycles. The molecule has 0 radical (unpaired) electrons. The van der Waals surface area contributed by atoms with E-state index in [1.54, 1.807) is 11.0 Å². The average molecular weight is 639 g/mol. The molecule has 2 bridgehead atoms. The molecule has 8 nitrogen and oxygen atoms in total. The molecule has 5 aliphatic rings. The van der Waals surface area contributed by atoms with Gasteiger partial charge in [-0.2, -0.15) is 0 Å². The lowest BCUT2D eigenvalue weighted by Crippen LogP contribution is -2.57. The number of alkyl carbamates (subject to hydrolysis) is 1. The highest BCUT2D eigenvalue weighted by Gasteiger charge is 2.69. The highest BCUT2D eigenvalue weighted by molar-refractivity contribution is 6.38. The van der Waals surface area contributed by atoms with Gasteiger partial charge in [0.2, 0.25) is 11.7 Å². The number of amides is 2. The first kappa shape index (κ1) is 34.8. The summed E-state index contributed by atoms with van der Waals surface area (Å²) in [6.07, 6.45) is 10.6. The number of ether oxygens (including phenoxy) is 1. The summed E-state index contributed by atoms with van der Waals surface area (Å²) in [5.74, 6) is -1.26. The number of carbonyl (C=O) groups is 5. The summed E-state index contributed by atoms with van der Waals surface area (Å²) < 4.78 is 6.23. The normalized spacial score (nSPS) is 33.5. The Morgan fingerprint density at radius 3 is 2.30 bits per heavy atom. The van der Waals surface area contributed by atoms with Gasteiger partial charge >= 0.3 is 6.09 Å². The van der Waals surface area contributed by atoms with Crippen LogP contribution in [0.2, 0.25) is 0 Å². The smallest absolute Gasteiger partial charge is 0.408 e. The van der Waals surface area contributed by atoms with E-state index in [-0.39, 0.29) is 64.6 Å². The largest absolute Gasteiger partial charge is 0.445 e. The van der Waals surface area contributed by atoms with E-state index in [0.717, 1.165) is 51.4 Å². The first-order chi connectivity index (χ1) is 21.7. The Hall–Kier alpha value is -2.51. The number of allylic oxidation sites excluding steroid dienone is 1. The van der Waals surface area contributed by atoms with Gasteiger partial charge in [-0.25, -0.2) is 4.79 Å². The second-order valence-electron chi connectivity index (χ2n) is 16.9. The van der Waals surface area contributed by atoms with Crippen LogP contribution in [0.5, 0.6) is 0 Å². The molecule has 5 fully saturated rings.